The van der Waals surface area contributed by atoms with E-state index in [1.807, 2.05) is 12.1 Å². The van der Waals surface area contributed by atoms with Crippen molar-refractivity contribution in [3.63, 3.8) is 0 Å². The normalized spacial score (nSPS) is 19.9. The molecule has 1 atom stereocenters. The molecule has 0 spiro atoms. The number of para-hydroxylation sites is 1. The number of rotatable bonds is 4. The summed E-state index contributed by atoms with van der Waals surface area (Å²) in [6.07, 6.45) is 0.875. The third kappa shape index (κ3) is 3.76. The van der Waals surface area contributed by atoms with Crippen LogP contribution < -0.4 is 10.5 Å². The number of halogens is 2. The predicted molar refractivity (Wildman–Crippen MR) is 101 cm³/mol. The minimum atomic E-state index is -0.148. The Morgan fingerprint density at radius 2 is 1.84 bits per heavy atom. The monoisotopic (exact) mass is 378 g/mol. The molecule has 1 unspecified atom stereocenters. The van der Waals surface area contributed by atoms with Crippen molar-refractivity contribution in [3.8, 4) is 11.5 Å². The van der Waals surface area contributed by atoms with Crippen LogP contribution in [0.5, 0.6) is 11.5 Å². The zero-order valence-electron chi connectivity index (χ0n) is 14.0. The Morgan fingerprint density at radius 3 is 2.52 bits per heavy atom. The molecule has 6 heteroatoms. The number of likely N-dealkylation sites (tertiary alicyclic amines) is 1. The summed E-state index contributed by atoms with van der Waals surface area (Å²) >= 11 is 12.5. The molecular weight excluding hydrogens is 359 g/mol. The topological polar surface area (TPSA) is 55.6 Å². The summed E-state index contributed by atoms with van der Waals surface area (Å²) in [6.45, 7) is 3.90. The molecule has 0 bridgehead atoms. The number of nitrogens with zero attached hydrogens (tertiary/aromatic N) is 1. The van der Waals surface area contributed by atoms with Crippen molar-refractivity contribution in [1.82, 2.24) is 4.90 Å². The molecular formula is C19H20Cl2N2O2. The zero-order chi connectivity index (χ0) is 18.0. The van der Waals surface area contributed by atoms with Gasteiger partial charge in [-0.1, -0.05) is 48.3 Å². The van der Waals surface area contributed by atoms with Crippen LogP contribution in [0.4, 0.5) is 0 Å². The van der Waals surface area contributed by atoms with Crippen molar-refractivity contribution < 1.29 is 9.53 Å². The van der Waals surface area contributed by atoms with Gasteiger partial charge in [0.05, 0.1) is 10.0 Å². The van der Waals surface area contributed by atoms with Gasteiger partial charge in [-0.15, -0.1) is 0 Å². The summed E-state index contributed by atoms with van der Waals surface area (Å²) in [5, 5.41) is 0.827. The highest BCUT2D eigenvalue weighted by molar-refractivity contribution is 6.34. The number of carbonyl (C=O) groups excluding carboxylic acids is 1. The van der Waals surface area contributed by atoms with E-state index in [1.54, 1.807) is 35.2 Å². The van der Waals surface area contributed by atoms with Gasteiger partial charge in [0.15, 0.2) is 0 Å². The Kier molecular flexibility index (Phi) is 5.23. The number of benzene rings is 2. The van der Waals surface area contributed by atoms with Gasteiger partial charge in [-0.25, -0.2) is 0 Å². The minimum absolute atomic E-state index is 0.0549. The van der Waals surface area contributed by atoms with Crippen molar-refractivity contribution in [1.29, 1.82) is 0 Å². The molecule has 1 heterocycles. The fourth-order valence-electron chi connectivity index (χ4n) is 2.96. The van der Waals surface area contributed by atoms with Crippen LogP contribution in [0.2, 0.25) is 10.0 Å². The van der Waals surface area contributed by atoms with Crippen molar-refractivity contribution >= 4 is 29.1 Å². The number of nitrogens with two attached hydrogens (primary N) is 1. The van der Waals surface area contributed by atoms with Gasteiger partial charge >= 0.3 is 0 Å². The van der Waals surface area contributed by atoms with E-state index in [0.29, 0.717) is 46.7 Å². The summed E-state index contributed by atoms with van der Waals surface area (Å²) in [5.74, 6) is 0.727. The molecule has 2 aromatic carbocycles. The van der Waals surface area contributed by atoms with Crippen molar-refractivity contribution in [2.24, 2.45) is 11.1 Å². The SMILES string of the molecule is CC1(CN)CCN(C(=O)c2c(Cl)cccc2Oc2ccccc2Cl)C1. The number of carbonyl (C=O) groups is 1. The quantitative estimate of drug-likeness (QED) is 0.845. The van der Waals surface area contributed by atoms with Gasteiger partial charge in [-0.3, -0.25) is 4.79 Å². The van der Waals surface area contributed by atoms with E-state index in [-0.39, 0.29) is 11.3 Å². The third-order valence-corrected chi connectivity index (χ3v) is 5.21. The summed E-state index contributed by atoms with van der Waals surface area (Å²) in [4.78, 5) is 14.8. The van der Waals surface area contributed by atoms with E-state index in [9.17, 15) is 4.79 Å². The fraction of sp³-hybridized carbons (Fsp3) is 0.316. The Morgan fingerprint density at radius 1 is 1.16 bits per heavy atom. The van der Waals surface area contributed by atoms with Crippen LogP contribution in [0.15, 0.2) is 42.5 Å². The highest BCUT2D eigenvalue weighted by atomic mass is 35.5. The van der Waals surface area contributed by atoms with E-state index in [1.165, 1.54) is 0 Å². The Bertz CT molecular complexity index is 797. The first-order chi connectivity index (χ1) is 11.9. The Hall–Kier alpha value is -1.75. The minimum Gasteiger partial charge on any atom is -0.455 e. The average molecular weight is 379 g/mol. The van der Waals surface area contributed by atoms with Gasteiger partial charge < -0.3 is 15.4 Å². The maximum atomic E-state index is 13.1. The van der Waals surface area contributed by atoms with Gasteiger partial charge in [0.25, 0.3) is 5.91 Å². The highest BCUT2D eigenvalue weighted by Crippen LogP contribution is 2.36. The summed E-state index contributed by atoms with van der Waals surface area (Å²) in [5.41, 5.74) is 6.14. The molecule has 1 fully saturated rings. The lowest BCUT2D eigenvalue weighted by Gasteiger charge is -2.23. The molecule has 0 saturated carbocycles. The second-order valence-electron chi connectivity index (χ2n) is 6.64. The van der Waals surface area contributed by atoms with Crippen molar-refractivity contribution in [2.75, 3.05) is 19.6 Å². The van der Waals surface area contributed by atoms with Gasteiger partial charge in [0.2, 0.25) is 0 Å². The zero-order valence-corrected chi connectivity index (χ0v) is 15.5. The molecule has 0 aliphatic carbocycles. The summed E-state index contributed by atoms with van der Waals surface area (Å²) in [7, 11) is 0. The average Bonchev–Trinajstić information content (AvgIpc) is 3.00. The number of amides is 1. The van der Waals surface area contributed by atoms with Gasteiger partial charge in [0.1, 0.15) is 17.1 Å². The molecule has 1 saturated heterocycles. The van der Waals surface area contributed by atoms with Crippen LogP contribution in [-0.2, 0) is 0 Å². The van der Waals surface area contributed by atoms with Crippen LogP contribution in [0.25, 0.3) is 0 Å². The second-order valence-corrected chi connectivity index (χ2v) is 7.45. The smallest absolute Gasteiger partial charge is 0.259 e. The van der Waals surface area contributed by atoms with Crippen molar-refractivity contribution in [2.45, 2.75) is 13.3 Å². The van der Waals surface area contributed by atoms with E-state index in [4.69, 9.17) is 33.7 Å². The molecule has 2 N–H and O–H groups in total. The van der Waals surface area contributed by atoms with E-state index in [0.717, 1.165) is 6.42 Å². The predicted octanol–water partition coefficient (Wildman–Crippen LogP) is 4.60. The number of hydrogen-bond donors (Lipinski definition) is 1. The molecule has 0 aromatic heterocycles. The van der Waals surface area contributed by atoms with Gasteiger partial charge in [-0.05, 0) is 42.6 Å². The summed E-state index contributed by atoms with van der Waals surface area (Å²) in [6, 6.07) is 12.3. The van der Waals surface area contributed by atoms with Gasteiger partial charge in [-0.2, -0.15) is 0 Å². The molecule has 4 nitrogen and oxygen atoms in total. The fourth-order valence-corrected chi connectivity index (χ4v) is 3.39. The molecule has 3 rings (SSSR count). The molecule has 2 aromatic rings. The first kappa shape index (κ1) is 18.1. The standard InChI is InChI=1S/C19H20Cl2N2O2/c1-19(11-22)9-10-23(12-19)18(24)17-14(21)6-4-8-16(17)25-15-7-3-2-5-13(15)20/h2-8H,9-12,22H2,1H3. The maximum Gasteiger partial charge on any atom is 0.259 e. The Balaban J connectivity index is 1.91. The first-order valence-corrected chi connectivity index (χ1v) is 8.89. The Labute approximate surface area is 157 Å². The largest absolute Gasteiger partial charge is 0.455 e. The third-order valence-electron chi connectivity index (χ3n) is 4.58. The van der Waals surface area contributed by atoms with E-state index in [2.05, 4.69) is 6.92 Å². The lowest BCUT2D eigenvalue weighted by atomic mass is 9.90. The summed E-state index contributed by atoms with van der Waals surface area (Å²) < 4.78 is 5.89. The molecule has 1 aliphatic heterocycles. The first-order valence-electron chi connectivity index (χ1n) is 8.14. The molecule has 132 valence electrons. The number of hydrogen-bond acceptors (Lipinski definition) is 3. The van der Waals surface area contributed by atoms with Crippen LogP contribution in [-0.4, -0.2) is 30.4 Å². The highest BCUT2D eigenvalue weighted by Gasteiger charge is 2.36. The van der Waals surface area contributed by atoms with Crippen LogP contribution in [0, 0.1) is 5.41 Å². The van der Waals surface area contributed by atoms with Gasteiger partial charge in [0, 0.05) is 13.1 Å². The van der Waals surface area contributed by atoms with Crippen LogP contribution in [0.1, 0.15) is 23.7 Å². The lowest BCUT2D eigenvalue weighted by molar-refractivity contribution is 0.0774. The van der Waals surface area contributed by atoms with Crippen LogP contribution >= 0.6 is 23.2 Å². The molecule has 25 heavy (non-hydrogen) atoms. The lowest BCUT2D eigenvalue weighted by Crippen LogP contribution is -2.34. The molecule has 1 aliphatic rings. The van der Waals surface area contributed by atoms with Crippen LogP contribution in [0.3, 0.4) is 0 Å². The van der Waals surface area contributed by atoms with Crippen molar-refractivity contribution in [3.05, 3.63) is 58.1 Å². The van der Waals surface area contributed by atoms with E-state index < -0.39 is 0 Å². The molecule has 0 radical (unpaired) electrons. The maximum absolute atomic E-state index is 13.1. The second kappa shape index (κ2) is 7.24. The molecule has 1 amide bonds. The van der Waals surface area contributed by atoms with E-state index >= 15 is 0 Å². The number of ether oxygens (including phenoxy) is 1.